The van der Waals surface area contributed by atoms with Gasteiger partial charge in [0, 0.05) is 51.7 Å². The van der Waals surface area contributed by atoms with Gasteiger partial charge < -0.3 is 24.7 Å². The first-order valence-corrected chi connectivity index (χ1v) is 18.6. The van der Waals surface area contributed by atoms with Crippen molar-refractivity contribution < 1.29 is 29.9 Å². The van der Waals surface area contributed by atoms with Crippen molar-refractivity contribution >= 4 is 17.6 Å². The van der Waals surface area contributed by atoms with Crippen molar-refractivity contribution in [2.24, 2.45) is 0 Å². The van der Waals surface area contributed by atoms with E-state index in [2.05, 4.69) is 19.8 Å². The molecule has 0 unspecified atom stereocenters. The van der Waals surface area contributed by atoms with Crippen LogP contribution in [0.25, 0.3) is 45.6 Å². The number of carboxylic acids is 1. The van der Waals surface area contributed by atoms with Crippen LogP contribution in [0.4, 0.5) is 11.6 Å². The van der Waals surface area contributed by atoms with Crippen LogP contribution in [0.3, 0.4) is 0 Å². The molecule has 0 radical (unpaired) electrons. The lowest BCUT2D eigenvalue weighted by Gasteiger charge is -2.30. The first-order chi connectivity index (χ1) is 28.0. The van der Waals surface area contributed by atoms with Gasteiger partial charge in [0.25, 0.3) is 0 Å². The molecule has 0 aromatic carbocycles. The Labute approximate surface area is 330 Å². The molecule has 6 heterocycles. The molecule has 0 atom stereocenters. The fourth-order valence-corrected chi connectivity index (χ4v) is 6.10. The minimum absolute atomic E-state index is 0.0486. The molecule has 0 aliphatic heterocycles. The summed E-state index contributed by atoms with van der Waals surface area (Å²) in [4.78, 5) is 50.7. The molecule has 15 nitrogen and oxygen atoms in total. The fourth-order valence-electron chi connectivity index (χ4n) is 6.10. The molecule has 0 amide bonds. The van der Waals surface area contributed by atoms with Gasteiger partial charge in [-0.25, -0.2) is 24.8 Å². The van der Waals surface area contributed by atoms with Crippen molar-refractivity contribution in [2.75, 3.05) is 82.0 Å². The van der Waals surface area contributed by atoms with E-state index in [9.17, 15) is 20.3 Å². The SMILES string of the molecule is O=C(O)CN(CCN(CCOCCO)CCN(CCOO)c1cccc(-c2cccc(-c3ccccn3)n2)n1)c1cccc(-c2cccc(-c3ccccn3)n2)n1. The average molecular weight is 772 g/mol. The van der Waals surface area contributed by atoms with Crippen LogP contribution in [0.15, 0.2) is 122 Å². The molecular formula is C42H45N9O6. The van der Waals surface area contributed by atoms with Crippen LogP contribution in [0.5, 0.6) is 0 Å². The van der Waals surface area contributed by atoms with Gasteiger partial charge in [0.05, 0.1) is 72.0 Å². The Morgan fingerprint density at radius 1 is 0.509 bits per heavy atom. The number of carbonyl (C=O) groups is 1. The number of nitrogens with zero attached hydrogens (tertiary/aromatic N) is 9. The van der Waals surface area contributed by atoms with Gasteiger partial charge in [0.2, 0.25) is 0 Å². The smallest absolute Gasteiger partial charge is 0.323 e. The van der Waals surface area contributed by atoms with Crippen molar-refractivity contribution in [3.05, 3.63) is 122 Å². The predicted octanol–water partition coefficient (Wildman–Crippen LogP) is 4.92. The van der Waals surface area contributed by atoms with E-state index >= 15 is 0 Å². The highest BCUT2D eigenvalue weighted by Crippen LogP contribution is 2.24. The largest absolute Gasteiger partial charge is 0.480 e. The van der Waals surface area contributed by atoms with Gasteiger partial charge in [-0.1, -0.05) is 36.4 Å². The normalized spacial score (nSPS) is 11.1. The number of aromatic nitrogens is 6. The second-order valence-electron chi connectivity index (χ2n) is 12.8. The number of hydrogen-bond acceptors (Lipinski definition) is 14. The summed E-state index contributed by atoms with van der Waals surface area (Å²) in [6.45, 7) is 2.96. The number of anilines is 2. The zero-order valence-electron chi connectivity index (χ0n) is 31.4. The second kappa shape index (κ2) is 21.2. The van der Waals surface area contributed by atoms with E-state index < -0.39 is 5.97 Å². The van der Waals surface area contributed by atoms with Crippen LogP contribution in [-0.4, -0.2) is 128 Å². The molecule has 0 aliphatic carbocycles. The average Bonchev–Trinajstić information content (AvgIpc) is 3.27. The predicted molar refractivity (Wildman–Crippen MR) is 216 cm³/mol. The number of carboxylic acid groups (broad SMARTS) is 1. The van der Waals surface area contributed by atoms with Crippen LogP contribution in [0.2, 0.25) is 0 Å². The van der Waals surface area contributed by atoms with E-state index in [4.69, 9.17) is 24.7 Å². The quantitative estimate of drug-likeness (QED) is 0.0480. The second-order valence-corrected chi connectivity index (χ2v) is 12.8. The molecule has 0 bridgehead atoms. The molecule has 0 spiro atoms. The van der Waals surface area contributed by atoms with Crippen LogP contribution in [-0.2, 0) is 14.4 Å². The molecule has 3 N–H and O–H groups in total. The number of aliphatic hydroxyl groups is 1. The topological polar surface area (TPSA) is 183 Å². The van der Waals surface area contributed by atoms with E-state index in [1.165, 1.54) is 0 Å². The summed E-state index contributed by atoms with van der Waals surface area (Å²) in [6.07, 6.45) is 3.44. The summed E-state index contributed by atoms with van der Waals surface area (Å²) in [5.41, 5.74) is 5.53. The standard InChI is InChI=1S/C42H45N9O6/c52-27-30-56-28-25-49(21-23-50(26-29-57-55)40-17-7-15-38(47-40)36-13-5-11-34(45-36)32-9-1-3-19-43-32)22-24-51(31-42(53)54)41-18-8-16-39(48-41)37-14-6-12-35(46-37)33-10-2-4-20-44-33/h1-20,52,55H,21-31H2,(H,53,54). The Hall–Kier alpha value is -6.23. The maximum atomic E-state index is 12.1. The Kier molecular flexibility index (Phi) is 15.0. The van der Waals surface area contributed by atoms with Gasteiger partial charge in [0.15, 0.2) is 0 Å². The first kappa shape index (κ1) is 40.4. The van der Waals surface area contributed by atoms with Crippen molar-refractivity contribution in [3.8, 4) is 45.6 Å². The lowest BCUT2D eigenvalue weighted by atomic mass is 10.2. The van der Waals surface area contributed by atoms with E-state index in [0.29, 0.717) is 86.0 Å². The van der Waals surface area contributed by atoms with Crippen molar-refractivity contribution in [1.29, 1.82) is 0 Å². The number of aliphatic carboxylic acids is 1. The highest BCUT2D eigenvalue weighted by molar-refractivity contribution is 5.73. The molecule has 0 fully saturated rings. The minimum atomic E-state index is -0.989. The Morgan fingerprint density at radius 3 is 1.47 bits per heavy atom. The van der Waals surface area contributed by atoms with Gasteiger partial charge in [0.1, 0.15) is 18.2 Å². The van der Waals surface area contributed by atoms with Gasteiger partial charge in [-0.2, -0.15) is 0 Å². The number of hydrogen-bond donors (Lipinski definition) is 3. The van der Waals surface area contributed by atoms with E-state index in [-0.39, 0.29) is 26.4 Å². The minimum Gasteiger partial charge on any atom is -0.480 e. The van der Waals surface area contributed by atoms with Crippen LogP contribution in [0, 0.1) is 0 Å². The summed E-state index contributed by atoms with van der Waals surface area (Å²) in [7, 11) is 0. The summed E-state index contributed by atoms with van der Waals surface area (Å²) < 4.78 is 5.62. The van der Waals surface area contributed by atoms with E-state index in [1.54, 1.807) is 23.4 Å². The molecule has 0 saturated carbocycles. The lowest BCUT2D eigenvalue weighted by Crippen LogP contribution is -2.43. The van der Waals surface area contributed by atoms with Gasteiger partial charge in [-0.3, -0.25) is 24.9 Å². The third-order valence-electron chi connectivity index (χ3n) is 8.93. The molecule has 6 rings (SSSR count). The van der Waals surface area contributed by atoms with Crippen LogP contribution in [0.1, 0.15) is 0 Å². The number of pyridine rings is 6. The van der Waals surface area contributed by atoms with Crippen molar-refractivity contribution in [3.63, 3.8) is 0 Å². The number of ether oxygens (including phenoxy) is 1. The zero-order valence-corrected chi connectivity index (χ0v) is 31.4. The van der Waals surface area contributed by atoms with Crippen molar-refractivity contribution in [1.82, 2.24) is 34.8 Å². The Morgan fingerprint density at radius 2 is 0.982 bits per heavy atom. The zero-order chi connectivity index (χ0) is 39.7. The van der Waals surface area contributed by atoms with Gasteiger partial charge in [-0.05, 0) is 72.8 Å². The highest BCUT2D eigenvalue weighted by Gasteiger charge is 2.18. The summed E-state index contributed by atoms with van der Waals surface area (Å²) in [5, 5.41) is 28.5. The molecule has 57 heavy (non-hydrogen) atoms. The molecule has 6 aromatic heterocycles. The lowest BCUT2D eigenvalue weighted by molar-refractivity contribution is -0.239. The summed E-state index contributed by atoms with van der Waals surface area (Å²) in [5.74, 6) is 0.177. The molecule has 0 aliphatic rings. The fraction of sp³-hybridized carbons (Fsp3) is 0.262. The molecule has 0 saturated heterocycles. The van der Waals surface area contributed by atoms with Crippen LogP contribution < -0.4 is 9.80 Å². The highest BCUT2D eigenvalue weighted by atomic mass is 17.1. The first-order valence-electron chi connectivity index (χ1n) is 18.6. The molecule has 15 heteroatoms. The van der Waals surface area contributed by atoms with Crippen LogP contribution >= 0.6 is 0 Å². The monoisotopic (exact) mass is 771 g/mol. The van der Waals surface area contributed by atoms with Gasteiger partial charge >= 0.3 is 5.97 Å². The number of aliphatic hydroxyl groups excluding tert-OH is 1. The maximum Gasteiger partial charge on any atom is 0.323 e. The summed E-state index contributed by atoms with van der Waals surface area (Å²) in [6, 6.07) is 33.9. The van der Waals surface area contributed by atoms with Gasteiger partial charge in [-0.15, -0.1) is 0 Å². The van der Waals surface area contributed by atoms with Crippen molar-refractivity contribution in [2.45, 2.75) is 0 Å². The van der Waals surface area contributed by atoms with E-state index in [0.717, 1.165) is 17.1 Å². The third-order valence-corrected chi connectivity index (χ3v) is 8.93. The summed E-state index contributed by atoms with van der Waals surface area (Å²) >= 11 is 0. The Bertz CT molecular complexity index is 2150. The Balaban J connectivity index is 1.18. The molecular weight excluding hydrogens is 727 g/mol. The molecule has 294 valence electrons. The maximum absolute atomic E-state index is 12.1. The number of rotatable bonds is 22. The van der Waals surface area contributed by atoms with E-state index in [1.807, 2.05) is 108 Å². The third kappa shape index (κ3) is 11.9. The molecule has 6 aromatic rings.